The SMILES string of the molecule is CC(SC1CCOC1C)C(=O)OC(C)(C)C. The highest BCUT2D eigenvalue weighted by molar-refractivity contribution is 8.01. The Balaban J connectivity index is 2.39. The van der Waals surface area contributed by atoms with E-state index in [-0.39, 0.29) is 17.3 Å². The van der Waals surface area contributed by atoms with Crippen molar-refractivity contribution in [1.29, 1.82) is 0 Å². The minimum atomic E-state index is -0.399. The predicted molar refractivity (Wildman–Crippen MR) is 66.7 cm³/mol. The average molecular weight is 246 g/mol. The summed E-state index contributed by atoms with van der Waals surface area (Å²) in [7, 11) is 0. The van der Waals surface area contributed by atoms with E-state index in [2.05, 4.69) is 6.92 Å². The van der Waals surface area contributed by atoms with Crippen molar-refractivity contribution in [3.05, 3.63) is 0 Å². The van der Waals surface area contributed by atoms with Crippen molar-refractivity contribution in [3.63, 3.8) is 0 Å². The lowest BCUT2D eigenvalue weighted by Gasteiger charge is -2.24. The molecule has 1 heterocycles. The molecule has 0 aromatic heterocycles. The largest absolute Gasteiger partial charge is 0.459 e. The van der Waals surface area contributed by atoms with Crippen molar-refractivity contribution in [1.82, 2.24) is 0 Å². The molecule has 0 bridgehead atoms. The Morgan fingerprint density at radius 2 is 2.12 bits per heavy atom. The number of ether oxygens (including phenoxy) is 2. The van der Waals surface area contributed by atoms with Crippen LogP contribution >= 0.6 is 11.8 Å². The van der Waals surface area contributed by atoms with Crippen LogP contribution in [0.25, 0.3) is 0 Å². The number of thioether (sulfide) groups is 1. The van der Waals surface area contributed by atoms with E-state index in [1.807, 2.05) is 27.7 Å². The fourth-order valence-electron chi connectivity index (χ4n) is 1.59. The first-order valence-corrected chi connectivity index (χ1v) is 6.74. The molecule has 0 aromatic carbocycles. The smallest absolute Gasteiger partial charge is 0.319 e. The van der Waals surface area contributed by atoms with Gasteiger partial charge in [0.2, 0.25) is 0 Å². The Hall–Kier alpha value is -0.220. The van der Waals surface area contributed by atoms with E-state index >= 15 is 0 Å². The third-order valence-corrected chi connectivity index (χ3v) is 3.99. The fraction of sp³-hybridized carbons (Fsp3) is 0.917. The highest BCUT2D eigenvalue weighted by atomic mass is 32.2. The fourth-order valence-corrected chi connectivity index (χ4v) is 2.81. The summed E-state index contributed by atoms with van der Waals surface area (Å²) in [4.78, 5) is 11.8. The molecule has 0 spiro atoms. The molecule has 1 saturated heterocycles. The molecule has 0 aromatic rings. The van der Waals surface area contributed by atoms with Crippen LogP contribution in [0.15, 0.2) is 0 Å². The quantitative estimate of drug-likeness (QED) is 0.717. The van der Waals surface area contributed by atoms with Crippen molar-refractivity contribution in [2.45, 2.75) is 63.2 Å². The second kappa shape index (κ2) is 5.41. The maximum atomic E-state index is 11.8. The Labute approximate surface area is 102 Å². The molecule has 1 aliphatic rings. The van der Waals surface area contributed by atoms with Gasteiger partial charge in [0.25, 0.3) is 0 Å². The molecule has 1 rings (SSSR count). The highest BCUT2D eigenvalue weighted by Gasteiger charge is 2.30. The van der Waals surface area contributed by atoms with Gasteiger partial charge >= 0.3 is 5.97 Å². The molecule has 1 aliphatic heterocycles. The number of carbonyl (C=O) groups excluding carboxylic acids is 1. The summed E-state index contributed by atoms with van der Waals surface area (Å²) in [6.07, 6.45) is 1.27. The van der Waals surface area contributed by atoms with Gasteiger partial charge in [-0.25, -0.2) is 0 Å². The average Bonchev–Trinajstić information content (AvgIpc) is 2.49. The molecule has 94 valence electrons. The van der Waals surface area contributed by atoms with Crippen LogP contribution in [0, 0.1) is 0 Å². The summed E-state index contributed by atoms with van der Waals surface area (Å²) in [5, 5.41) is 0.302. The molecule has 0 amide bonds. The van der Waals surface area contributed by atoms with E-state index in [1.165, 1.54) is 0 Å². The van der Waals surface area contributed by atoms with Crippen LogP contribution in [0.5, 0.6) is 0 Å². The third kappa shape index (κ3) is 4.34. The molecule has 4 heteroatoms. The number of carbonyl (C=O) groups is 1. The molecule has 16 heavy (non-hydrogen) atoms. The van der Waals surface area contributed by atoms with E-state index in [1.54, 1.807) is 11.8 Å². The van der Waals surface area contributed by atoms with Gasteiger partial charge < -0.3 is 9.47 Å². The molecule has 0 aliphatic carbocycles. The zero-order valence-electron chi connectivity index (χ0n) is 10.8. The van der Waals surface area contributed by atoms with Gasteiger partial charge in [-0.3, -0.25) is 4.79 Å². The number of rotatable bonds is 3. The van der Waals surface area contributed by atoms with Crippen LogP contribution in [0.2, 0.25) is 0 Å². The first-order valence-electron chi connectivity index (χ1n) is 5.79. The van der Waals surface area contributed by atoms with Crippen molar-refractivity contribution < 1.29 is 14.3 Å². The zero-order valence-corrected chi connectivity index (χ0v) is 11.6. The van der Waals surface area contributed by atoms with Gasteiger partial charge in [0.05, 0.1) is 11.4 Å². The van der Waals surface area contributed by atoms with Crippen LogP contribution in [-0.4, -0.2) is 34.8 Å². The first-order chi connectivity index (χ1) is 7.29. The van der Waals surface area contributed by atoms with Gasteiger partial charge in [0.15, 0.2) is 0 Å². The summed E-state index contributed by atoms with van der Waals surface area (Å²) >= 11 is 1.66. The van der Waals surface area contributed by atoms with Crippen molar-refractivity contribution in [3.8, 4) is 0 Å². The summed E-state index contributed by atoms with van der Waals surface area (Å²) in [5.74, 6) is -0.128. The van der Waals surface area contributed by atoms with Crippen molar-refractivity contribution >= 4 is 17.7 Å². The number of hydrogen-bond donors (Lipinski definition) is 0. The van der Waals surface area contributed by atoms with Crippen molar-refractivity contribution in [2.75, 3.05) is 6.61 Å². The van der Waals surface area contributed by atoms with Gasteiger partial charge in [-0.1, -0.05) is 0 Å². The molecule has 0 N–H and O–H groups in total. The summed E-state index contributed by atoms with van der Waals surface area (Å²) in [5.41, 5.74) is -0.399. The van der Waals surface area contributed by atoms with Gasteiger partial charge in [-0.05, 0) is 41.0 Å². The molecule has 0 radical (unpaired) electrons. The lowest BCUT2D eigenvalue weighted by molar-refractivity contribution is -0.153. The van der Waals surface area contributed by atoms with Crippen molar-refractivity contribution in [2.24, 2.45) is 0 Å². The van der Waals surface area contributed by atoms with Gasteiger partial charge in [-0.2, -0.15) is 0 Å². The molecular formula is C12H22O3S. The second-order valence-corrected chi connectivity index (χ2v) is 6.80. The third-order valence-electron chi connectivity index (χ3n) is 2.42. The van der Waals surface area contributed by atoms with E-state index in [0.29, 0.717) is 5.25 Å². The van der Waals surface area contributed by atoms with Gasteiger partial charge in [-0.15, -0.1) is 11.8 Å². The molecule has 3 nitrogen and oxygen atoms in total. The monoisotopic (exact) mass is 246 g/mol. The van der Waals surface area contributed by atoms with Crippen LogP contribution in [-0.2, 0) is 14.3 Å². The lowest BCUT2D eigenvalue weighted by Crippen LogP contribution is -2.30. The zero-order chi connectivity index (χ0) is 12.3. The minimum absolute atomic E-state index is 0.117. The predicted octanol–water partition coefficient (Wildman–Crippen LogP) is 2.63. The van der Waals surface area contributed by atoms with Crippen LogP contribution in [0.1, 0.15) is 41.0 Å². The van der Waals surface area contributed by atoms with Gasteiger partial charge in [0, 0.05) is 11.9 Å². The number of hydrogen-bond acceptors (Lipinski definition) is 4. The Bertz CT molecular complexity index is 247. The Morgan fingerprint density at radius 1 is 1.50 bits per heavy atom. The lowest BCUT2D eigenvalue weighted by atomic mass is 10.2. The standard InChI is InChI=1S/C12H22O3S/c1-8-10(6-7-14-8)16-9(2)11(13)15-12(3,4)5/h8-10H,6-7H2,1-5H3. The maximum absolute atomic E-state index is 11.8. The van der Waals surface area contributed by atoms with Gasteiger partial charge in [0.1, 0.15) is 5.60 Å². The van der Waals surface area contributed by atoms with Crippen LogP contribution in [0.3, 0.4) is 0 Å². The summed E-state index contributed by atoms with van der Waals surface area (Å²) in [6, 6.07) is 0. The Morgan fingerprint density at radius 3 is 2.56 bits per heavy atom. The second-order valence-electron chi connectivity index (χ2n) is 5.21. The number of esters is 1. The van der Waals surface area contributed by atoms with Crippen LogP contribution in [0.4, 0.5) is 0 Å². The molecule has 0 saturated carbocycles. The van der Waals surface area contributed by atoms with E-state index < -0.39 is 5.60 Å². The first kappa shape index (κ1) is 13.8. The molecule has 1 fully saturated rings. The highest BCUT2D eigenvalue weighted by Crippen LogP contribution is 2.30. The molecule has 3 unspecified atom stereocenters. The van der Waals surface area contributed by atoms with E-state index in [4.69, 9.17) is 9.47 Å². The molecular weight excluding hydrogens is 224 g/mol. The summed E-state index contributed by atoms with van der Waals surface area (Å²) in [6.45, 7) is 10.5. The topological polar surface area (TPSA) is 35.5 Å². The van der Waals surface area contributed by atoms with E-state index in [0.717, 1.165) is 13.0 Å². The van der Waals surface area contributed by atoms with E-state index in [9.17, 15) is 4.79 Å². The maximum Gasteiger partial charge on any atom is 0.319 e. The normalized spacial score (nSPS) is 27.8. The minimum Gasteiger partial charge on any atom is -0.459 e. The Kier molecular flexibility index (Phi) is 4.68. The molecule has 3 atom stereocenters. The summed E-state index contributed by atoms with van der Waals surface area (Å²) < 4.78 is 10.8. The van der Waals surface area contributed by atoms with Crippen LogP contribution < -0.4 is 0 Å².